The first kappa shape index (κ1) is 19.6. The Hall–Kier alpha value is -2.15. The molecule has 0 bridgehead atoms. The second kappa shape index (κ2) is 9.17. The molecule has 3 N–H and O–H groups in total. The number of primary amides is 1. The van der Waals surface area contributed by atoms with Crippen LogP contribution in [-0.2, 0) is 11.2 Å². The molecule has 0 atom stereocenters. The molecule has 2 fully saturated rings. The summed E-state index contributed by atoms with van der Waals surface area (Å²) in [6.07, 6.45) is 10.1. The number of aromatic nitrogens is 1. The van der Waals surface area contributed by atoms with Gasteiger partial charge >= 0.3 is 6.03 Å². The van der Waals surface area contributed by atoms with E-state index in [4.69, 9.17) is 5.73 Å². The highest BCUT2D eigenvalue weighted by Crippen LogP contribution is 2.31. The van der Waals surface area contributed by atoms with Crippen LogP contribution in [0.4, 0.5) is 4.79 Å². The number of piperidine rings is 2. The maximum atomic E-state index is 12.4. The van der Waals surface area contributed by atoms with Crippen LogP contribution < -0.4 is 11.1 Å². The molecule has 2 saturated heterocycles. The number of aryl methyl sites for hydroxylation is 1. The summed E-state index contributed by atoms with van der Waals surface area (Å²) in [4.78, 5) is 32.9. The van der Waals surface area contributed by atoms with Crippen molar-refractivity contribution in [2.75, 3.05) is 32.7 Å². The maximum Gasteiger partial charge on any atom is 0.317 e. The molecular weight excluding hydrogens is 342 g/mol. The van der Waals surface area contributed by atoms with Crippen molar-refractivity contribution in [2.24, 2.45) is 5.73 Å². The second-order valence-corrected chi connectivity index (χ2v) is 7.63. The number of likely N-dealkylation sites (tertiary alicyclic amines) is 2. The molecule has 0 radical (unpaired) electrons. The van der Waals surface area contributed by atoms with Crippen LogP contribution in [0.3, 0.4) is 0 Å². The Morgan fingerprint density at radius 3 is 2.52 bits per heavy atom. The van der Waals surface area contributed by atoms with Gasteiger partial charge < -0.3 is 16.0 Å². The number of rotatable bonds is 6. The van der Waals surface area contributed by atoms with Gasteiger partial charge in [0.05, 0.1) is 0 Å². The highest BCUT2D eigenvalue weighted by molar-refractivity contribution is 5.85. The van der Waals surface area contributed by atoms with Crippen molar-refractivity contribution in [1.82, 2.24) is 20.1 Å². The number of nitrogens with two attached hydrogens (primary N) is 1. The maximum absolute atomic E-state index is 12.4. The lowest BCUT2D eigenvalue weighted by molar-refractivity contribution is -0.134. The lowest BCUT2D eigenvalue weighted by atomic mass is 9.83. The molecule has 1 aromatic heterocycles. The first-order valence-corrected chi connectivity index (χ1v) is 10.1. The molecule has 3 amide bonds. The van der Waals surface area contributed by atoms with Crippen LogP contribution in [0.15, 0.2) is 24.5 Å². The van der Waals surface area contributed by atoms with Crippen LogP contribution in [0.25, 0.3) is 0 Å². The van der Waals surface area contributed by atoms with Gasteiger partial charge in [0, 0.05) is 32.0 Å². The predicted molar refractivity (Wildman–Crippen MR) is 104 cm³/mol. The van der Waals surface area contributed by atoms with Gasteiger partial charge in [-0.3, -0.25) is 14.7 Å². The second-order valence-electron chi connectivity index (χ2n) is 7.63. The number of urea groups is 1. The molecule has 2 aliphatic rings. The first-order chi connectivity index (χ1) is 13.1. The molecule has 3 heterocycles. The molecule has 7 nitrogen and oxygen atoms in total. The molecule has 0 aliphatic carbocycles. The minimum absolute atomic E-state index is 0.0436. The SMILES string of the molecule is NC(=O)C1(N2CCCCC2)CCN(C(=O)NCCCc2cccnc2)CC1. The number of nitrogens with one attached hydrogen (secondary N) is 1. The predicted octanol–water partition coefficient (Wildman–Crippen LogP) is 1.53. The molecule has 0 aromatic carbocycles. The number of amides is 3. The van der Waals surface area contributed by atoms with Crippen LogP contribution in [0.1, 0.15) is 44.1 Å². The van der Waals surface area contributed by atoms with E-state index in [0.29, 0.717) is 32.5 Å². The normalized spacial score (nSPS) is 20.2. The van der Waals surface area contributed by atoms with Crippen LogP contribution >= 0.6 is 0 Å². The minimum Gasteiger partial charge on any atom is -0.368 e. The van der Waals surface area contributed by atoms with Gasteiger partial charge in [-0.1, -0.05) is 12.5 Å². The van der Waals surface area contributed by atoms with Gasteiger partial charge in [0.1, 0.15) is 5.54 Å². The molecule has 0 unspecified atom stereocenters. The van der Waals surface area contributed by atoms with E-state index >= 15 is 0 Å². The van der Waals surface area contributed by atoms with Crippen molar-refractivity contribution < 1.29 is 9.59 Å². The molecule has 0 spiro atoms. The summed E-state index contributed by atoms with van der Waals surface area (Å²) in [5, 5.41) is 3.00. The van der Waals surface area contributed by atoms with Crippen LogP contribution in [0.2, 0.25) is 0 Å². The third kappa shape index (κ3) is 4.77. The van der Waals surface area contributed by atoms with Crippen molar-refractivity contribution in [1.29, 1.82) is 0 Å². The summed E-state index contributed by atoms with van der Waals surface area (Å²) in [5.74, 6) is -0.235. The Morgan fingerprint density at radius 1 is 1.15 bits per heavy atom. The number of pyridine rings is 1. The van der Waals surface area contributed by atoms with Crippen LogP contribution in [0, 0.1) is 0 Å². The van der Waals surface area contributed by atoms with Gasteiger partial charge in [-0.15, -0.1) is 0 Å². The Kier molecular flexibility index (Phi) is 6.66. The van der Waals surface area contributed by atoms with Crippen molar-refractivity contribution in [3.05, 3.63) is 30.1 Å². The number of nitrogens with zero attached hydrogens (tertiary/aromatic N) is 3. The lowest BCUT2D eigenvalue weighted by Crippen LogP contribution is -2.64. The standard InChI is InChI=1S/C20H31N5O2/c21-18(26)20(25-12-2-1-3-13-25)8-14-24(15-9-20)19(27)23-11-5-7-17-6-4-10-22-16-17/h4,6,10,16H,1-3,5,7-9,11-15H2,(H2,21,26)(H,23,27). The Morgan fingerprint density at radius 2 is 1.89 bits per heavy atom. The molecule has 0 saturated carbocycles. The quantitative estimate of drug-likeness (QED) is 0.740. The molecule has 7 heteroatoms. The minimum atomic E-state index is -0.572. The summed E-state index contributed by atoms with van der Waals surface area (Å²) in [7, 11) is 0. The average molecular weight is 374 g/mol. The van der Waals surface area contributed by atoms with Gasteiger partial charge in [0.25, 0.3) is 0 Å². The Bertz CT molecular complexity index is 623. The van der Waals surface area contributed by atoms with Gasteiger partial charge in [-0.25, -0.2) is 4.79 Å². The lowest BCUT2D eigenvalue weighted by Gasteiger charge is -2.48. The molecular formula is C20H31N5O2. The molecule has 1 aromatic rings. The van der Waals surface area contributed by atoms with E-state index in [-0.39, 0.29) is 11.9 Å². The van der Waals surface area contributed by atoms with Crippen molar-refractivity contribution >= 4 is 11.9 Å². The number of hydrogen-bond donors (Lipinski definition) is 2. The van der Waals surface area contributed by atoms with E-state index in [2.05, 4.69) is 15.2 Å². The molecule has 27 heavy (non-hydrogen) atoms. The van der Waals surface area contributed by atoms with Crippen molar-refractivity contribution in [3.8, 4) is 0 Å². The van der Waals surface area contributed by atoms with E-state index < -0.39 is 5.54 Å². The van der Waals surface area contributed by atoms with E-state index in [0.717, 1.165) is 38.8 Å². The number of carbonyl (C=O) groups is 2. The van der Waals surface area contributed by atoms with E-state index in [1.165, 1.54) is 12.0 Å². The van der Waals surface area contributed by atoms with Gasteiger partial charge in [0.15, 0.2) is 0 Å². The van der Waals surface area contributed by atoms with E-state index in [1.807, 2.05) is 23.2 Å². The first-order valence-electron chi connectivity index (χ1n) is 10.1. The summed E-state index contributed by atoms with van der Waals surface area (Å²) in [5.41, 5.74) is 6.41. The molecule has 148 valence electrons. The molecule has 2 aliphatic heterocycles. The smallest absolute Gasteiger partial charge is 0.317 e. The number of carbonyl (C=O) groups excluding carboxylic acids is 2. The van der Waals surface area contributed by atoms with E-state index in [9.17, 15) is 9.59 Å². The van der Waals surface area contributed by atoms with Gasteiger partial charge in [-0.05, 0) is 63.2 Å². The van der Waals surface area contributed by atoms with Gasteiger partial charge in [-0.2, -0.15) is 0 Å². The number of hydrogen-bond acceptors (Lipinski definition) is 4. The summed E-state index contributed by atoms with van der Waals surface area (Å²) < 4.78 is 0. The summed E-state index contributed by atoms with van der Waals surface area (Å²) >= 11 is 0. The Labute approximate surface area is 161 Å². The Balaban J connectivity index is 1.44. The zero-order valence-electron chi connectivity index (χ0n) is 16.0. The summed E-state index contributed by atoms with van der Waals surface area (Å²) in [6.45, 7) is 3.66. The zero-order chi connectivity index (χ0) is 19.1. The highest BCUT2D eigenvalue weighted by atomic mass is 16.2. The third-order valence-electron chi connectivity index (χ3n) is 5.94. The van der Waals surface area contributed by atoms with Gasteiger partial charge in [0.2, 0.25) is 5.91 Å². The fourth-order valence-electron chi connectivity index (χ4n) is 4.27. The monoisotopic (exact) mass is 373 g/mol. The van der Waals surface area contributed by atoms with Crippen LogP contribution in [0.5, 0.6) is 0 Å². The third-order valence-corrected chi connectivity index (χ3v) is 5.94. The zero-order valence-corrected chi connectivity index (χ0v) is 16.0. The van der Waals surface area contributed by atoms with Crippen LogP contribution in [-0.4, -0.2) is 65.0 Å². The fourth-order valence-corrected chi connectivity index (χ4v) is 4.27. The average Bonchev–Trinajstić information content (AvgIpc) is 2.72. The van der Waals surface area contributed by atoms with Crippen molar-refractivity contribution in [3.63, 3.8) is 0 Å². The molecule has 3 rings (SSSR count). The highest BCUT2D eigenvalue weighted by Gasteiger charge is 2.45. The van der Waals surface area contributed by atoms with Crippen molar-refractivity contribution in [2.45, 2.75) is 50.5 Å². The fraction of sp³-hybridized carbons (Fsp3) is 0.650. The van der Waals surface area contributed by atoms with E-state index in [1.54, 1.807) is 6.20 Å². The summed E-state index contributed by atoms with van der Waals surface area (Å²) in [6, 6.07) is 3.93. The topological polar surface area (TPSA) is 91.6 Å². The largest absolute Gasteiger partial charge is 0.368 e.